The molecule has 0 radical (unpaired) electrons. The van der Waals surface area contributed by atoms with Crippen LogP contribution in [0, 0.1) is 6.92 Å². The van der Waals surface area contributed by atoms with Gasteiger partial charge in [0.15, 0.2) is 5.17 Å². The molecule has 1 fully saturated rings. The minimum atomic E-state index is -0.0354. The average Bonchev–Trinajstić information content (AvgIpc) is 3.08. The molecular weight excluding hydrogens is 442 g/mol. The summed E-state index contributed by atoms with van der Waals surface area (Å²) in [6, 6.07) is 14.2. The fourth-order valence-corrected chi connectivity index (χ4v) is 5.40. The van der Waals surface area contributed by atoms with Gasteiger partial charge in [0.2, 0.25) is 0 Å². The normalized spacial score (nSPS) is 19.7. The van der Waals surface area contributed by atoms with E-state index in [9.17, 15) is 4.79 Å². The Morgan fingerprint density at radius 2 is 1.88 bits per heavy atom. The quantitative estimate of drug-likeness (QED) is 0.365. The number of anilines is 1. The monoisotopic (exact) mass is 475 g/mol. The zero-order valence-electron chi connectivity index (χ0n) is 20.9. The molecule has 0 aliphatic carbocycles. The van der Waals surface area contributed by atoms with E-state index in [1.54, 1.807) is 12.0 Å². The lowest BCUT2D eigenvalue weighted by Gasteiger charge is -2.41. The van der Waals surface area contributed by atoms with Crippen molar-refractivity contribution in [2.45, 2.75) is 39.7 Å². The van der Waals surface area contributed by atoms with Gasteiger partial charge in [-0.15, -0.1) is 0 Å². The lowest BCUT2D eigenvalue weighted by Crippen LogP contribution is -2.42. The van der Waals surface area contributed by atoms with Crippen molar-refractivity contribution >= 4 is 45.9 Å². The number of ether oxygens (including phenoxy) is 1. The molecule has 0 aromatic heterocycles. The molecule has 2 aliphatic heterocycles. The topological polar surface area (TPSA) is 45.1 Å². The van der Waals surface area contributed by atoms with Gasteiger partial charge in [-0.05, 0) is 92.9 Å². The lowest BCUT2D eigenvalue weighted by molar-refractivity contribution is -0.122. The smallest absolute Gasteiger partial charge is 0.266 e. The number of rotatable bonds is 6. The third-order valence-electron chi connectivity index (χ3n) is 6.49. The maximum atomic E-state index is 13.4. The molecule has 2 aromatic carbocycles. The number of methoxy groups -OCH3 is 1. The molecule has 34 heavy (non-hydrogen) atoms. The number of carbonyl (C=O) groups is 1. The summed E-state index contributed by atoms with van der Waals surface area (Å²) >= 11 is 1.44. The van der Waals surface area contributed by atoms with Crippen molar-refractivity contribution in [3.63, 3.8) is 0 Å². The van der Waals surface area contributed by atoms with E-state index in [1.165, 1.54) is 28.6 Å². The number of thioether (sulfide) groups is 1. The van der Waals surface area contributed by atoms with Crippen molar-refractivity contribution in [2.75, 3.05) is 32.2 Å². The fraction of sp³-hybridized carbons (Fsp3) is 0.357. The van der Waals surface area contributed by atoms with Crippen molar-refractivity contribution < 1.29 is 9.53 Å². The SMILES string of the molecule is COCCCN1C(=O)/C(=C\c2cc3c(cc2C)N(C)C(C)(C)C=C3C)SC1=Nc1ccccc1. The highest BCUT2D eigenvalue weighted by molar-refractivity contribution is 8.18. The first-order valence-electron chi connectivity index (χ1n) is 11.6. The number of carbonyl (C=O) groups excluding carboxylic acids is 1. The summed E-state index contributed by atoms with van der Waals surface area (Å²) in [5.74, 6) is -0.00146. The predicted octanol–water partition coefficient (Wildman–Crippen LogP) is 6.27. The predicted molar refractivity (Wildman–Crippen MR) is 145 cm³/mol. The van der Waals surface area contributed by atoms with Gasteiger partial charge >= 0.3 is 0 Å². The maximum Gasteiger partial charge on any atom is 0.266 e. The van der Waals surface area contributed by atoms with E-state index in [0.717, 1.165) is 23.2 Å². The van der Waals surface area contributed by atoms with Gasteiger partial charge in [-0.3, -0.25) is 9.69 Å². The van der Waals surface area contributed by atoms with Gasteiger partial charge in [-0.25, -0.2) is 4.99 Å². The van der Waals surface area contributed by atoms with E-state index in [2.05, 4.69) is 57.9 Å². The highest BCUT2D eigenvalue weighted by atomic mass is 32.2. The third kappa shape index (κ3) is 4.84. The molecule has 0 bridgehead atoms. The van der Waals surface area contributed by atoms with Crippen LogP contribution in [-0.4, -0.2) is 48.8 Å². The molecule has 0 N–H and O–H groups in total. The lowest BCUT2D eigenvalue weighted by atomic mass is 9.87. The van der Waals surface area contributed by atoms with Crippen molar-refractivity contribution in [2.24, 2.45) is 4.99 Å². The van der Waals surface area contributed by atoms with Gasteiger partial charge in [0.25, 0.3) is 5.91 Å². The Kier molecular flexibility index (Phi) is 7.01. The van der Waals surface area contributed by atoms with E-state index >= 15 is 0 Å². The third-order valence-corrected chi connectivity index (χ3v) is 7.50. The molecule has 4 rings (SSSR count). The van der Waals surface area contributed by atoms with Crippen molar-refractivity contribution in [3.05, 3.63) is 70.1 Å². The molecular formula is C28H33N3O2S. The van der Waals surface area contributed by atoms with Gasteiger partial charge in [0.1, 0.15) is 0 Å². The number of benzene rings is 2. The van der Waals surface area contributed by atoms with Crippen LogP contribution < -0.4 is 4.90 Å². The Hall–Kier alpha value is -2.83. The molecule has 0 atom stereocenters. The van der Waals surface area contributed by atoms with Crippen LogP contribution in [-0.2, 0) is 9.53 Å². The summed E-state index contributed by atoms with van der Waals surface area (Å²) in [6.07, 6.45) is 5.08. The first kappa shape index (κ1) is 24.3. The van der Waals surface area contributed by atoms with Crippen LogP contribution in [0.1, 0.15) is 43.9 Å². The fourth-order valence-electron chi connectivity index (χ4n) is 4.38. The number of likely N-dealkylation sites (N-methyl/N-ethyl adjacent to an activating group) is 1. The molecule has 5 nitrogen and oxygen atoms in total. The summed E-state index contributed by atoms with van der Waals surface area (Å²) in [5.41, 5.74) is 6.71. The Balaban J connectivity index is 1.71. The zero-order chi connectivity index (χ0) is 24.5. The summed E-state index contributed by atoms with van der Waals surface area (Å²) in [4.78, 5) is 23.0. The number of allylic oxidation sites excluding steroid dienone is 1. The summed E-state index contributed by atoms with van der Waals surface area (Å²) < 4.78 is 5.21. The van der Waals surface area contributed by atoms with Crippen LogP contribution in [0.5, 0.6) is 0 Å². The second-order valence-electron chi connectivity index (χ2n) is 9.41. The van der Waals surface area contributed by atoms with E-state index in [1.807, 2.05) is 36.4 Å². The largest absolute Gasteiger partial charge is 0.385 e. The van der Waals surface area contributed by atoms with Gasteiger partial charge in [-0.1, -0.05) is 24.3 Å². The van der Waals surface area contributed by atoms with Crippen LogP contribution in [0.15, 0.2) is 58.4 Å². The van der Waals surface area contributed by atoms with Gasteiger partial charge in [0.05, 0.1) is 16.1 Å². The number of aliphatic imine (C=N–C) groups is 1. The Morgan fingerprint density at radius 1 is 1.15 bits per heavy atom. The number of nitrogens with zero attached hydrogens (tertiary/aromatic N) is 3. The van der Waals surface area contributed by atoms with E-state index in [4.69, 9.17) is 9.73 Å². The van der Waals surface area contributed by atoms with Crippen LogP contribution in [0.25, 0.3) is 11.6 Å². The highest BCUT2D eigenvalue weighted by Gasteiger charge is 2.34. The number of aryl methyl sites for hydroxylation is 1. The molecule has 0 unspecified atom stereocenters. The molecule has 0 saturated carbocycles. The molecule has 178 valence electrons. The second kappa shape index (κ2) is 9.80. The second-order valence-corrected chi connectivity index (χ2v) is 10.4. The first-order valence-corrected chi connectivity index (χ1v) is 12.5. The van der Waals surface area contributed by atoms with Crippen molar-refractivity contribution in [1.29, 1.82) is 0 Å². The Bertz CT molecular complexity index is 1180. The van der Waals surface area contributed by atoms with Crippen molar-refractivity contribution in [1.82, 2.24) is 4.90 Å². The standard InChI is InChI=1S/C28H33N3O2S/c1-19-15-24-23(20(2)18-28(3,4)30(24)5)16-21(19)17-25-26(32)31(13-10-14-33-6)27(34-25)29-22-11-8-7-9-12-22/h7-9,11-12,15-18H,10,13-14H2,1-6H3/b25-17+,29-27?. The number of amides is 1. The maximum absolute atomic E-state index is 13.4. The zero-order valence-corrected chi connectivity index (χ0v) is 21.7. The van der Waals surface area contributed by atoms with Crippen LogP contribution >= 0.6 is 11.8 Å². The summed E-state index contributed by atoms with van der Waals surface area (Å²) in [6.45, 7) is 9.91. The molecule has 2 heterocycles. The molecule has 0 spiro atoms. The molecule has 6 heteroatoms. The van der Waals surface area contributed by atoms with E-state index < -0.39 is 0 Å². The van der Waals surface area contributed by atoms with Gasteiger partial charge in [0, 0.05) is 38.6 Å². The van der Waals surface area contributed by atoms with Crippen molar-refractivity contribution in [3.8, 4) is 0 Å². The van der Waals surface area contributed by atoms with Crippen LogP contribution in [0.4, 0.5) is 11.4 Å². The molecule has 2 aliphatic rings. The van der Waals surface area contributed by atoms with Crippen LogP contribution in [0.2, 0.25) is 0 Å². The Labute approximate surface area is 207 Å². The number of para-hydroxylation sites is 1. The number of fused-ring (bicyclic) bond motifs is 1. The van der Waals surface area contributed by atoms with E-state index in [-0.39, 0.29) is 11.4 Å². The first-order chi connectivity index (χ1) is 16.2. The minimum absolute atomic E-state index is 0.00146. The molecule has 1 amide bonds. The Morgan fingerprint density at radius 3 is 2.59 bits per heavy atom. The van der Waals surface area contributed by atoms with E-state index in [0.29, 0.717) is 23.2 Å². The van der Waals surface area contributed by atoms with Gasteiger partial charge in [-0.2, -0.15) is 0 Å². The number of hydrogen-bond acceptors (Lipinski definition) is 5. The molecule has 1 saturated heterocycles. The summed E-state index contributed by atoms with van der Waals surface area (Å²) in [5, 5.41) is 0.715. The summed E-state index contributed by atoms with van der Waals surface area (Å²) in [7, 11) is 3.82. The average molecular weight is 476 g/mol. The highest BCUT2D eigenvalue weighted by Crippen LogP contribution is 2.41. The van der Waals surface area contributed by atoms with Gasteiger partial charge < -0.3 is 9.64 Å². The number of hydrogen-bond donors (Lipinski definition) is 0. The molecule has 2 aromatic rings. The minimum Gasteiger partial charge on any atom is -0.385 e. The number of amidine groups is 1. The van der Waals surface area contributed by atoms with Crippen LogP contribution in [0.3, 0.4) is 0 Å².